The Kier molecular flexibility index (Phi) is 6.52. The Bertz CT molecular complexity index is 717. The minimum Gasteiger partial charge on any atom is -0.374 e. The number of nitrogens with zero attached hydrogens (tertiary/aromatic N) is 4. The van der Waals surface area contributed by atoms with Crippen LogP contribution < -0.4 is 10.2 Å². The molecule has 140 valence electrons. The van der Waals surface area contributed by atoms with Crippen LogP contribution in [0.1, 0.15) is 42.2 Å². The SMILES string of the molecule is CCOCc1nc2c(c(N(C)Cc3ccc(CC)cn3)n1)CCNCC2. The molecule has 1 aliphatic rings. The van der Waals surface area contributed by atoms with Crippen LogP contribution in [0.5, 0.6) is 0 Å². The zero-order valence-electron chi connectivity index (χ0n) is 16.1. The molecule has 1 aliphatic heterocycles. The van der Waals surface area contributed by atoms with E-state index in [1.807, 2.05) is 13.1 Å². The average Bonchev–Trinajstić information content (AvgIpc) is 2.91. The molecule has 0 radical (unpaired) electrons. The molecule has 0 aliphatic carbocycles. The molecule has 2 aromatic heterocycles. The third-order valence-electron chi connectivity index (χ3n) is 4.70. The molecule has 6 heteroatoms. The summed E-state index contributed by atoms with van der Waals surface area (Å²) in [7, 11) is 2.08. The molecule has 3 rings (SSSR count). The molecule has 0 bridgehead atoms. The lowest BCUT2D eigenvalue weighted by molar-refractivity contribution is 0.128. The lowest BCUT2D eigenvalue weighted by atomic mass is 10.1. The normalized spacial score (nSPS) is 14.0. The Labute approximate surface area is 156 Å². The van der Waals surface area contributed by atoms with Gasteiger partial charge < -0.3 is 15.0 Å². The number of fused-ring (bicyclic) bond motifs is 1. The van der Waals surface area contributed by atoms with Gasteiger partial charge in [-0.05, 0) is 37.9 Å². The quantitative estimate of drug-likeness (QED) is 0.822. The largest absolute Gasteiger partial charge is 0.374 e. The van der Waals surface area contributed by atoms with Crippen molar-refractivity contribution in [2.24, 2.45) is 0 Å². The predicted molar refractivity (Wildman–Crippen MR) is 103 cm³/mol. The van der Waals surface area contributed by atoms with Gasteiger partial charge in [-0.2, -0.15) is 0 Å². The number of nitrogens with one attached hydrogen (secondary N) is 1. The van der Waals surface area contributed by atoms with E-state index in [1.165, 1.54) is 11.1 Å². The van der Waals surface area contributed by atoms with Crippen molar-refractivity contribution < 1.29 is 4.74 Å². The highest BCUT2D eigenvalue weighted by Crippen LogP contribution is 2.24. The standard InChI is InChI=1S/C20H29N5O/c1-4-15-6-7-16(22-12-15)13-25(3)20-17-8-10-21-11-9-18(17)23-19(24-20)14-26-5-2/h6-7,12,21H,4-5,8-11,13-14H2,1-3H3. The Morgan fingerprint density at radius 2 is 2.00 bits per heavy atom. The highest BCUT2D eigenvalue weighted by molar-refractivity contribution is 5.50. The summed E-state index contributed by atoms with van der Waals surface area (Å²) >= 11 is 0. The van der Waals surface area contributed by atoms with E-state index in [9.17, 15) is 0 Å². The molecule has 0 saturated carbocycles. The predicted octanol–water partition coefficient (Wildman–Crippen LogP) is 2.30. The zero-order valence-corrected chi connectivity index (χ0v) is 16.1. The molecule has 6 nitrogen and oxygen atoms in total. The van der Waals surface area contributed by atoms with Gasteiger partial charge in [0.25, 0.3) is 0 Å². The van der Waals surface area contributed by atoms with Gasteiger partial charge in [-0.3, -0.25) is 4.98 Å². The molecule has 0 atom stereocenters. The van der Waals surface area contributed by atoms with Crippen molar-refractivity contribution in [2.75, 3.05) is 31.6 Å². The van der Waals surface area contributed by atoms with Gasteiger partial charge in [-0.15, -0.1) is 0 Å². The summed E-state index contributed by atoms with van der Waals surface area (Å²) in [5.74, 6) is 1.78. The third-order valence-corrected chi connectivity index (χ3v) is 4.70. The van der Waals surface area contributed by atoms with Gasteiger partial charge in [0.05, 0.1) is 17.9 Å². The highest BCUT2D eigenvalue weighted by Gasteiger charge is 2.19. The van der Waals surface area contributed by atoms with Crippen molar-refractivity contribution in [1.82, 2.24) is 20.3 Å². The van der Waals surface area contributed by atoms with Crippen molar-refractivity contribution in [2.45, 2.75) is 46.3 Å². The summed E-state index contributed by atoms with van der Waals surface area (Å²) < 4.78 is 5.55. The zero-order chi connectivity index (χ0) is 18.4. The summed E-state index contributed by atoms with van der Waals surface area (Å²) in [6.45, 7) is 7.92. The van der Waals surface area contributed by atoms with Crippen LogP contribution in [0.3, 0.4) is 0 Å². The smallest absolute Gasteiger partial charge is 0.156 e. The maximum absolute atomic E-state index is 5.55. The summed E-state index contributed by atoms with van der Waals surface area (Å²) in [6.07, 6.45) is 4.86. The number of pyridine rings is 1. The molecule has 0 amide bonds. The van der Waals surface area contributed by atoms with Crippen LogP contribution in [0.15, 0.2) is 18.3 Å². The molecule has 0 unspecified atom stereocenters. The molecule has 0 spiro atoms. The Morgan fingerprint density at radius 1 is 1.15 bits per heavy atom. The van der Waals surface area contributed by atoms with Crippen LogP contribution in [-0.2, 0) is 37.2 Å². The monoisotopic (exact) mass is 355 g/mol. The van der Waals surface area contributed by atoms with Crippen LogP contribution in [0.2, 0.25) is 0 Å². The number of ether oxygens (including phenoxy) is 1. The lowest BCUT2D eigenvalue weighted by Gasteiger charge is -2.23. The van der Waals surface area contributed by atoms with E-state index in [0.717, 1.165) is 61.9 Å². The molecular formula is C20H29N5O. The lowest BCUT2D eigenvalue weighted by Crippen LogP contribution is -2.23. The van der Waals surface area contributed by atoms with Gasteiger partial charge in [0.15, 0.2) is 5.82 Å². The highest BCUT2D eigenvalue weighted by atomic mass is 16.5. The molecule has 1 N–H and O–H groups in total. The molecule has 0 fully saturated rings. The number of aryl methyl sites for hydroxylation is 1. The minimum atomic E-state index is 0.460. The summed E-state index contributed by atoms with van der Waals surface area (Å²) in [5, 5.41) is 3.46. The van der Waals surface area contributed by atoms with Gasteiger partial charge in [0.1, 0.15) is 12.4 Å². The molecular weight excluding hydrogens is 326 g/mol. The van der Waals surface area contributed by atoms with Crippen LogP contribution in [0, 0.1) is 0 Å². The number of anilines is 1. The fraction of sp³-hybridized carbons (Fsp3) is 0.550. The van der Waals surface area contributed by atoms with Crippen molar-refractivity contribution >= 4 is 5.82 Å². The summed E-state index contributed by atoms with van der Waals surface area (Å²) in [4.78, 5) is 16.4. The van der Waals surface area contributed by atoms with Crippen molar-refractivity contribution in [3.63, 3.8) is 0 Å². The second-order valence-corrected chi connectivity index (χ2v) is 6.64. The van der Waals surface area contributed by atoms with Gasteiger partial charge in [-0.25, -0.2) is 9.97 Å². The molecule has 3 heterocycles. The van der Waals surface area contributed by atoms with Crippen LogP contribution in [0.25, 0.3) is 0 Å². The Morgan fingerprint density at radius 3 is 2.73 bits per heavy atom. The number of aromatic nitrogens is 3. The Hall–Kier alpha value is -2.05. The fourth-order valence-corrected chi connectivity index (χ4v) is 3.22. The maximum Gasteiger partial charge on any atom is 0.156 e. The number of hydrogen-bond donors (Lipinski definition) is 1. The number of rotatable bonds is 7. The van der Waals surface area contributed by atoms with Crippen molar-refractivity contribution in [3.05, 3.63) is 46.7 Å². The van der Waals surface area contributed by atoms with E-state index >= 15 is 0 Å². The van der Waals surface area contributed by atoms with Gasteiger partial charge in [0, 0.05) is 38.4 Å². The van der Waals surface area contributed by atoms with Crippen LogP contribution >= 0.6 is 0 Å². The topological polar surface area (TPSA) is 63.2 Å². The van der Waals surface area contributed by atoms with E-state index < -0.39 is 0 Å². The van der Waals surface area contributed by atoms with Gasteiger partial charge in [0.2, 0.25) is 0 Å². The van der Waals surface area contributed by atoms with Gasteiger partial charge >= 0.3 is 0 Å². The first-order chi connectivity index (χ1) is 12.7. The maximum atomic E-state index is 5.55. The van der Waals surface area contributed by atoms with E-state index in [0.29, 0.717) is 13.2 Å². The van der Waals surface area contributed by atoms with E-state index in [-0.39, 0.29) is 0 Å². The van der Waals surface area contributed by atoms with E-state index in [2.05, 4.69) is 41.3 Å². The second-order valence-electron chi connectivity index (χ2n) is 6.64. The second kappa shape index (κ2) is 9.05. The number of hydrogen-bond acceptors (Lipinski definition) is 6. The van der Waals surface area contributed by atoms with Gasteiger partial charge in [-0.1, -0.05) is 13.0 Å². The first-order valence-corrected chi connectivity index (χ1v) is 9.53. The van der Waals surface area contributed by atoms with Crippen LogP contribution in [-0.4, -0.2) is 41.7 Å². The summed E-state index contributed by atoms with van der Waals surface area (Å²) in [5.41, 5.74) is 4.71. The first-order valence-electron chi connectivity index (χ1n) is 9.53. The first kappa shape index (κ1) is 18.7. The molecule has 0 aromatic carbocycles. The van der Waals surface area contributed by atoms with E-state index in [4.69, 9.17) is 14.7 Å². The van der Waals surface area contributed by atoms with Crippen molar-refractivity contribution in [1.29, 1.82) is 0 Å². The summed E-state index contributed by atoms with van der Waals surface area (Å²) in [6, 6.07) is 4.26. The average molecular weight is 355 g/mol. The Balaban J connectivity index is 1.87. The molecule has 2 aromatic rings. The van der Waals surface area contributed by atoms with Crippen molar-refractivity contribution in [3.8, 4) is 0 Å². The molecule has 26 heavy (non-hydrogen) atoms. The van der Waals surface area contributed by atoms with E-state index in [1.54, 1.807) is 0 Å². The minimum absolute atomic E-state index is 0.460. The van der Waals surface area contributed by atoms with Crippen LogP contribution in [0.4, 0.5) is 5.82 Å². The molecule has 0 saturated heterocycles. The fourth-order valence-electron chi connectivity index (χ4n) is 3.22. The third kappa shape index (κ3) is 4.56.